The van der Waals surface area contributed by atoms with Crippen LogP contribution >= 0.6 is 7.82 Å². The molecule has 42 heavy (non-hydrogen) atoms. The molecule has 1 aliphatic carbocycles. The lowest BCUT2D eigenvalue weighted by Gasteiger charge is -2.10. The number of allylic oxidation sites excluding steroid dienone is 1. The zero-order valence-corrected chi connectivity index (χ0v) is 22.5. The highest BCUT2D eigenvalue weighted by Crippen LogP contribution is 2.54. The van der Waals surface area contributed by atoms with Gasteiger partial charge in [-0.15, -0.1) is 0 Å². The van der Waals surface area contributed by atoms with Crippen molar-refractivity contribution in [1.82, 2.24) is 29.0 Å². The Labute approximate surface area is 232 Å². The fourth-order valence-corrected chi connectivity index (χ4v) is 4.85. The van der Waals surface area contributed by atoms with Crippen LogP contribution < -0.4 is 11.2 Å². The van der Waals surface area contributed by atoms with Gasteiger partial charge in [-0.05, 0) is 42.4 Å². The van der Waals surface area contributed by atoms with E-state index in [-0.39, 0.29) is 28.9 Å². The van der Waals surface area contributed by atoms with Crippen LogP contribution in [0.15, 0.2) is 58.1 Å². The first-order valence-corrected chi connectivity index (χ1v) is 13.7. The molecule has 0 amide bonds. The van der Waals surface area contributed by atoms with Crippen LogP contribution in [-0.4, -0.2) is 50.7 Å². The molecule has 3 aromatic heterocycles. The molecule has 0 spiro atoms. The van der Waals surface area contributed by atoms with Crippen LogP contribution in [0.2, 0.25) is 0 Å². The summed E-state index contributed by atoms with van der Waals surface area (Å²) in [7, 11) is -4.93. The van der Waals surface area contributed by atoms with Crippen molar-refractivity contribution >= 4 is 30.0 Å². The summed E-state index contributed by atoms with van der Waals surface area (Å²) in [5, 5.41) is 8.51. The van der Waals surface area contributed by atoms with Crippen molar-refractivity contribution in [2.24, 2.45) is 11.0 Å². The minimum absolute atomic E-state index is 0.0390. The number of rotatable bonds is 9. The topological polar surface area (TPSA) is 170 Å². The first-order chi connectivity index (χ1) is 19.6. The molecular weight excluding hydrogens is 589 g/mol. The van der Waals surface area contributed by atoms with E-state index in [4.69, 9.17) is 9.79 Å². The zero-order chi connectivity index (χ0) is 30.6. The van der Waals surface area contributed by atoms with E-state index in [0.717, 1.165) is 27.3 Å². The number of fused-ring (bicyclic) bond motifs is 1. The van der Waals surface area contributed by atoms with Gasteiger partial charge in [0.1, 0.15) is 13.3 Å². The third kappa shape index (κ3) is 6.18. The molecule has 5 rings (SSSR count). The van der Waals surface area contributed by atoms with Crippen molar-refractivity contribution < 1.29 is 36.4 Å². The lowest BCUT2D eigenvalue weighted by Crippen LogP contribution is -2.33. The number of benzene rings is 1. The maximum absolute atomic E-state index is 14.8. The van der Waals surface area contributed by atoms with E-state index < -0.39 is 44.5 Å². The molecule has 0 saturated heterocycles. The first-order valence-electron chi connectivity index (χ1n) is 12.2. The Bertz CT molecular complexity index is 1900. The van der Waals surface area contributed by atoms with E-state index in [2.05, 4.69) is 26.3 Å². The van der Waals surface area contributed by atoms with E-state index >= 15 is 0 Å². The van der Waals surface area contributed by atoms with Gasteiger partial charge in [-0.25, -0.2) is 14.3 Å². The van der Waals surface area contributed by atoms with E-state index in [1.165, 1.54) is 13.1 Å². The minimum Gasteiger partial charge on any atom is -0.303 e. The van der Waals surface area contributed by atoms with Crippen molar-refractivity contribution in [3.05, 3.63) is 87.1 Å². The maximum Gasteiger partial charge on any atom is 0.471 e. The fourth-order valence-electron chi connectivity index (χ4n) is 4.57. The Morgan fingerprint density at radius 1 is 1.29 bits per heavy atom. The molecule has 1 aliphatic rings. The van der Waals surface area contributed by atoms with Gasteiger partial charge in [0.15, 0.2) is 5.82 Å². The van der Waals surface area contributed by atoms with Gasteiger partial charge in [0.2, 0.25) is 5.95 Å². The number of nitrogens with zero attached hydrogens (tertiary/aromatic N) is 6. The molecule has 1 saturated carbocycles. The number of phosphoric ester groups is 1. The second-order valence-electron chi connectivity index (χ2n) is 9.63. The van der Waals surface area contributed by atoms with Crippen LogP contribution in [0.4, 0.5) is 17.6 Å². The average Bonchev–Trinajstić information content (AvgIpc) is 3.49. The summed E-state index contributed by atoms with van der Waals surface area (Å²) in [4.78, 5) is 48.2. The number of H-pyrrole nitrogens is 1. The molecule has 18 heteroatoms. The number of imidazole rings is 1. The standard InChI is InChI=1S/C24H22F4N7O6P/c1-12(16-6-17(16)14-3-4-15-7-30-34(19(15)5-14)10-24(26,27)28)21-29-8-20(25)35(21)32-13(2)18-9-33(11-41-42(38,39)40)23(37)31-22(18)36/h3-5,7-9,16-17H,1,6,10-11H2,2H3,(H,31,36,37)(H2,38,39,40)/b32-13+/t16-,17-/m0/s1. The van der Waals surface area contributed by atoms with Crippen LogP contribution in [0.1, 0.15) is 36.2 Å². The lowest BCUT2D eigenvalue weighted by atomic mass is 10.0. The van der Waals surface area contributed by atoms with Gasteiger partial charge >= 0.3 is 19.7 Å². The predicted octanol–water partition coefficient (Wildman–Crippen LogP) is 2.94. The van der Waals surface area contributed by atoms with Crippen LogP contribution in [0.3, 0.4) is 0 Å². The van der Waals surface area contributed by atoms with Crippen LogP contribution in [0.5, 0.6) is 0 Å². The van der Waals surface area contributed by atoms with Gasteiger partial charge in [-0.2, -0.15) is 32.4 Å². The van der Waals surface area contributed by atoms with E-state index in [1.54, 1.807) is 18.2 Å². The van der Waals surface area contributed by atoms with Gasteiger partial charge in [-0.3, -0.25) is 23.6 Å². The summed E-state index contributed by atoms with van der Waals surface area (Å²) in [6.45, 7) is 3.27. The summed E-state index contributed by atoms with van der Waals surface area (Å²) < 4.78 is 71.3. The maximum atomic E-state index is 14.8. The van der Waals surface area contributed by atoms with E-state index in [0.29, 0.717) is 27.5 Å². The van der Waals surface area contributed by atoms with Gasteiger partial charge < -0.3 is 9.79 Å². The molecule has 0 bridgehead atoms. The number of halogens is 4. The Morgan fingerprint density at radius 3 is 2.71 bits per heavy atom. The zero-order valence-electron chi connectivity index (χ0n) is 21.6. The molecule has 0 unspecified atom stereocenters. The van der Waals surface area contributed by atoms with Crippen LogP contribution in [-0.2, 0) is 22.4 Å². The number of aromatic amines is 1. The number of nitrogens with one attached hydrogen (secondary N) is 1. The average molecular weight is 611 g/mol. The number of aromatic nitrogens is 6. The quantitative estimate of drug-likeness (QED) is 0.147. The van der Waals surface area contributed by atoms with Gasteiger partial charge in [0, 0.05) is 11.6 Å². The molecule has 2 atom stereocenters. The Morgan fingerprint density at radius 2 is 2.02 bits per heavy atom. The molecule has 3 heterocycles. The molecule has 222 valence electrons. The third-order valence-corrected chi connectivity index (χ3v) is 7.12. The molecule has 4 aromatic rings. The molecule has 13 nitrogen and oxygen atoms in total. The summed E-state index contributed by atoms with van der Waals surface area (Å²) in [5.74, 6) is -1.21. The minimum atomic E-state index is -4.93. The highest BCUT2D eigenvalue weighted by molar-refractivity contribution is 7.46. The summed E-state index contributed by atoms with van der Waals surface area (Å²) in [6, 6.07) is 5.10. The fraction of sp³-hybridized carbons (Fsp3) is 0.292. The van der Waals surface area contributed by atoms with Gasteiger partial charge in [-0.1, -0.05) is 18.7 Å². The smallest absolute Gasteiger partial charge is 0.303 e. The van der Waals surface area contributed by atoms with Crippen molar-refractivity contribution in [2.45, 2.75) is 38.7 Å². The summed E-state index contributed by atoms with van der Waals surface area (Å²) in [5.41, 5.74) is -0.721. The first kappa shape index (κ1) is 29.3. The number of hydrogen-bond acceptors (Lipinski definition) is 7. The van der Waals surface area contributed by atoms with Crippen molar-refractivity contribution in [1.29, 1.82) is 0 Å². The Kier molecular flexibility index (Phi) is 7.39. The third-order valence-electron chi connectivity index (χ3n) is 6.66. The van der Waals surface area contributed by atoms with Crippen molar-refractivity contribution in [3.63, 3.8) is 0 Å². The predicted molar refractivity (Wildman–Crippen MR) is 140 cm³/mol. The molecule has 3 N–H and O–H groups in total. The number of phosphoric acid groups is 1. The SMILES string of the molecule is C=C(c1ncc(F)n1/N=C(\C)c1cn(COP(=O)(O)O)c(=O)[nH]c1=O)[C@@H]1C[C@H]1c1ccc2cnn(CC(F)(F)F)c2c1. The normalized spacial score (nSPS) is 17.6. The number of alkyl halides is 3. The lowest BCUT2D eigenvalue weighted by molar-refractivity contribution is -0.141. The second-order valence-corrected chi connectivity index (χ2v) is 10.9. The summed E-state index contributed by atoms with van der Waals surface area (Å²) >= 11 is 0. The molecule has 1 fully saturated rings. The van der Waals surface area contributed by atoms with Gasteiger partial charge in [0.05, 0.1) is 29.2 Å². The van der Waals surface area contributed by atoms with E-state index in [1.807, 2.05) is 4.98 Å². The molecular formula is C24H22F4N7O6P. The molecule has 0 radical (unpaired) electrons. The monoisotopic (exact) mass is 611 g/mol. The van der Waals surface area contributed by atoms with Crippen molar-refractivity contribution in [3.8, 4) is 0 Å². The van der Waals surface area contributed by atoms with Crippen LogP contribution in [0.25, 0.3) is 16.5 Å². The van der Waals surface area contributed by atoms with Gasteiger partial charge in [0.25, 0.3) is 5.56 Å². The van der Waals surface area contributed by atoms with E-state index in [9.17, 15) is 31.7 Å². The Hall–Kier alpha value is -4.18. The molecule has 0 aliphatic heterocycles. The highest BCUT2D eigenvalue weighted by atomic mass is 31.2. The second kappa shape index (κ2) is 10.6. The van der Waals surface area contributed by atoms with Crippen molar-refractivity contribution in [2.75, 3.05) is 0 Å². The molecule has 1 aromatic carbocycles. The number of hydrogen-bond donors (Lipinski definition) is 3. The summed E-state index contributed by atoms with van der Waals surface area (Å²) in [6.07, 6.45) is -0.663. The Balaban J connectivity index is 1.40. The van der Waals surface area contributed by atoms with Crippen LogP contribution in [0, 0.1) is 11.9 Å². The largest absolute Gasteiger partial charge is 0.471 e. The highest BCUT2D eigenvalue weighted by Gasteiger charge is 2.42.